The highest BCUT2D eigenvalue weighted by molar-refractivity contribution is 5.98. The quantitative estimate of drug-likeness (QED) is 0.184. The lowest BCUT2D eigenvalue weighted by atomic mass is 9.61. The van der Waals surface area contributed by atoms with Crippen LogP contribution in [-0.4, -0.2) is 9.38 Å². The van der Waals surface area contributed by atoms with Gasteiger partial charge in [-0.3, -0.25) is 4.40 Å². The highest BCUT2D eigenvalue weighted by Gasteiger charge is 2.45. The summed E-state index contributed by atoms with van der Waals surface area (Å²) in [5, 5.41) is 0. The van der Waals surface area contributed by atoms with Crippen molar-refractivity contribution in [1.29, 1.82) is 0 Å². The van der Waals surface area contributed by atoms with Gasteiger partial charge in [0.2, 0.25) is 0 Å². The van der Waals surface area contributed by atoms with Crippen molar-refractivity contribution in [1.82, 2.24) is 9.38 Å². The second-order valence-electron chi connectivity index (χ2n) is 14.6. The first-order valence-corrected chi connectivity index (χ1v) is 17.4. The van der Waals surface area contributed by atoms with Crippen LogP contribution in [0.5, 0.6) is 11.5 Å². The van der Waals surface area contributed by atoms with E-state index in [0.717, 1.165) is 16.6 Å². The molecule has 0 N–H and O–H groups in total. The van der Waals surface area contributed by atoms with Crippen LogP contribution in [0.2, 0.25) is 0 Å². The van der Waals surface area contributed by atoms with E-state index in [9.17, 15) is 0 Å². The third-order valence-electron chi connectivity index (χ3n) is 11.4. The number of hydrogen-bond acceptors (Lipinski definition) is 3. The molecule has 0 saturated heterocycles. The normalized spacial score (nSPS) is 18.8. The Morgan fingerprint density at radius 2 is 1.33 bits per heavy atom. The summed E-state index contributed by atoms with van der Waals surface area (Å²) in [4.78, 5) is 4.67. The zero-order valence-corrected chi connectivity index (χ0v) is 29.6. The summed E-state index contributed by atoms with van der Waals surface area (Å²) in [6.07, 6.45) is -1.91. The summed E-state index contributed by atoms with van der Waals surface area (Å²) in [6, 6.07) is 31.0. The Bertz CT molecular complexity index is 3160. The van der Waals surface area contributed by atoms with Gasteiger partial charge in [-0.25, -0.2) is 0 Å². The highest BCUT2D eigenvalue weighted by Crippen LogP contribution is 2.56. The number of nitrogens with zero attached hydrogens (tertiary/aromatic N) is 2. The second kappa shape index (κ2) is 11.4. The molecule has 9 rings (SSSR count). The Hall–Kier alpha value is -5.61. The monoisotopic (exact) mass is 691 g/mol. The third-order valence-corrected chi connectivity index (χ3v) is 11.4. The average molecular weight is 692 g/mol. The SMILES string of the molecule is [2H]C([2H])([2H])c1ccc(-c2c(C([2H])([2H])[2H])ccc3c2Oc2ccccc2C(C)(C)C3(C)C)cc1-c1cc(-c2c(C([2H])([2H])C)ccc3c2oc2nc4ccccc4n23)ccc1C([2H])([2H])[2H]. The van der Waals surface area contributed by atoms with Crippen LogP contribution < -0.4 is 4.74 Å². The molecule has 0 atom stereocenters. The fourth-order valence-corrected chi connectivity index (χ4v) is 7.91. The smallest absolute Gasteiger partial charge is 0.307 e. The van der Waals surface area contributed by atoms with Gasteiger partial charge in [-0.1, -0.05) is 107 Å². The van der Waals surface area contributed by atoms with Crippen molar-refractivity contribution >= 4 is 28.0 Å². The van der Waals surface area contributed by atoms with Crippen molar-refractivity contribution in [3.05, 3.63) is 143 Å². The van der Waals surface area contributed by atoms with E-state index in [2.05, 4.69) is 32.7 Å². The van der Waals surface area contributed by atoms with Crippen molar-refractivity contribution < 1.29 is 24.2 Å². The van der Waals surface area contributed by atoms with E-state index < -0.39 is 37.8 Å². The van der Waals surface area contributed by atoms with Gasteiger partial charge in [-0.15, -0.1) is 0 Å². The van der Waals surface area contributed by atoms with Crippen molar-refractivity contribution in [2.45, 2.75) is 72.4 Å². The van der Waals surface area contributed by atoms with E-state index >= 15 is 0 Å². The fourth-order valence-electron chi connectivity index (χ4n) is 7.91. The van der Waals surface area contributed by atoms with Crippen LogP contribution in [0.15, 0.2) is 114 Å². The highest BCUT2D eigenvalue weighted by atomic mass is 16.5. The minimum Gasteiger partial charge on any atom is -0.456 e. The molecule has 6 aromatic carbocycles. The average Bonchev–Trinajstić information content (AvgIpc) is 3.73. The number of aryl methyl sites for hydroxylation is 4. The molecule has 0 saturated carbocycles. The van der Waals surface area contributed by atoms with Crippen molar-refractivity contribution in [2.75, 3.05) is 0 Å². The first-order chi connectivity index (χ1) is 29.3. The number of aromatic nitrogens is 2. The second-order valence-corrected chi connectivity index (χ2v) is 14.6. The molecule has 0 unspecified atom stereocenters. The summed E-state index contributed by atoms with van der Waals surface area (Å²) in [5.41, 5.74) is 4.18. The van der Waals surface area contributed by atoms with Crippen LogP contribution in [0.25, 0.3) is 61.4 Å². The molecule has 0 fully saturated rings. The molecule has 4 nitrogen and oxygen atoms in total. The standard InChI is InChI=1S/C48H44N2O2/c1-9-31-23-25-40-45(52-46-49-38-15-11-12-16-39(38)50(40)46)43(31)33-22-19-29(3)35(27-33)34-26-32(21-18-28(34)2)42-30(4)20-24-37-44(42)51-41-17-13-10-14-36(41)47(5,6)48(37,7)8/h10-27H,9H2,1-8H3/i2D3,3D3,4D3,9D2. The van der Waals surface area contributed by atoms with Gasteiger partial charge in [-0.05, 0) is 108 Å². The van der Waals surface area contributed by atoms with Gasteiger partial charge < -0.3 is 9.15 Å². The maximum Gasteiger partial charge on any atom is 0.307 e. The molecule has 258 valence electrons. The first kappa shape index (κ1) is 22.4. The topological polar surface area (TPSA) is 39.7 Å². The van der Waals surface area contributed by atoms with E-state index in [1.54, 1.807) is 48.5 Å². The van der Waals surface area contributed by atoms with Crippen LogP contribution >= 0.6 is 0 Å². The van der Waals surface area contributed by atoms with E-state index in [-0.39, 0.29) is 44.8 Å². The minimum atomic E-state index is -2.75. The number of rotatable bonds is 4. The maximum absolute atomic E-state index is 8.91. The molecule has 0 aliphatic carbocycles. The molecule has 0 radical (unpaired) electrons. The zero-order chi connectivity index (χ0) is 45.4. The molecule has 8 aromatic rings. The largest absolute Gasteiger partial charge is 0.456 e. The summed E-state index contributed by atoms with van der Waals surface area (Å²) < 4.78 is 111. The lowest BCUT2D eigenvalue weighted by Gasteiger charge is -2.41. The molecule has 0 spiro atoms. The molecule has 52 heavy (non-hydrogen) atoms. The van der Waals surface area contributed by atoms with Crippen molar-refractivity contribution in [3.63, 3.8) is 0 Å². The van der Waals surface area contributed by atoms with Gasteiger partial charge in [0.15, 0.2) is 5.58 Å². The molecule has 0 bridgehead atoms. The predicted molar refractivity (Wildman–Crippen MR) is 215 cm³/mol. The Labute approximate surface area is 321 Å². The molecule has 1 aliphatic heterocycles. The Morgan fingerprint density at radius 1 is 0.673 bits per heavy atom. The Morgan fingerprint density at radius 3 is 2.06 bits per heavy atom. The Balaban J connectivity index is 1.36. The van der Waals surface area contributed by atoms with E-state index in [4.69, 9.17) is 24.2 Å². The van der Waals surface area contributed by atoms with Gasteiger partial charge in [0.1, 0.15) is 11.5 Å². The molecule has 3 heterocycles. The van der Waals surface area contributed by atoms with Gasteiger partial charge in [0.05, 0.1) is 16.6 Å². The molecule has 2 aromatic heterocycles. The van der Waals surface area contributed by atoms with Crippen molar-refractivity contribution in [3.8, 4) is 44.9 Å². The van der Waals surface area contributed by atoms with Crippen LogP contribution in [-0.2, 0) is 17.2 Å². The lowest BCUT2D eigenvalue weighted by Crippen LogP contribution is -2.39. The van der Waals surface area contributed by atoms with E-state index in [0.29, 0.717) is 44.8 Å². The fraction of sp³-hybridized carbons (Fsp3) is 0.229. The number of oxazole rings is 1. The number of para-hydroxylation sites is 3. The molecular weight excluding hydrogens is 637 g/mol. The van der Waals surface area contributed by atoms with Crippen LogP contribution in [0.3, 0.4) is 0 Å². The number of fused-ring (bicyclic) bond motifs is 7. The van der Waals surface area contributed by atoms with Crippen LogP contribution in [0, 0.1) is 20.6 Å². The maximum atomic E-state index is 8.91. The summed E-state index contributed by atoms with van der Waals surface area (Å²) in [6.45, 7) is 1.68. The number of hydrogen-bond donors (Lipinski definition) is 0. The first-order valence-electron chi connectivity index (χ1n) is 22.9. The summed E-state index contributed by atoms with van der Waals surface area (Å²) >= 11 is 0. The van der Waals surface area contributed by atoms with E-state index in [1.165, 1.54) is 19.1 Å². The van der Waals surface area contributed by atoms with Crippen molar-refractivity contribution in [2.24, 2.45) is 0 Å². The number of benzene rings is 6. The van der Waals surface area contributed by atoms with Gasteiger partial charge >= 0.3 is 5.84 Å². The number of imidazole rings is 1. The van der Waals surface area contributed by atoms with Crippen LogP contribution in [0.1, 0.15) is 83.1 Å². The van der Waals surface area contributed by atoms with Crippen LogP contribution in [0.4, 0.5) is 0 Å². The lowest BCUT2D eigenvalue weighted by molar-refractivity contribution is 0.306. The molecule has 0 amide bonds. The summed E-state index contributed by atoms with van der Waals surface area (Å²) in [7, 11) is 0. The third kappa shape index (κ3) is 4.56. The summed E-state index contributed by atoms with van der Waals surface area (Å²) in [5.74, 6) is 1.14. The Kier molecular flexibility index (Phi) is 4.92. The van der Waals surface area contributed by atoms with E-state index in [1.807, 2.05) is 52.9 Å². The molecular formula is C48H44N2O2. The van der Waals surface area contributed by atoms with Gasteiger partial charge in [-0.2, -0.15) is 4.98 Å². The predicted octanol–water partition coefficient (Wildman–Crippen LogP) is 13.1. The molecule has 4 heteroatoms. The zero-order valence-electron chi connectivity index (χ0n) is 40.6. The van der Waals surface area contributed by atoms with Gasteiger partial charge in [0, 0.05) is 48.2 Å². The van der Waals surface area contributed by atoms with Gasteiger partial charge in [0.25, 0.3) is 0 Å². The number of ether oxygens (including phenoxy) is 1. The molecule has 1 aliphatic rings. The minimum absolute atomic E-state index is 0.0246.